The van der Waals surface area contributed by atoms with Crippen molar-refractivity contribution in [3.8, 4) is 23.3 Å². The van der Waals surface area contributed by atoms with Gasteiger partial charge in [0.25, 0.3) is 5.91 Å². The highest BCUT2D eigenvalue weighted by atomic mass is 19.4. The van der Waals surface area contributed by atoms with E-state index >= 15 is 4.39 Å². The van der Waals surface area contributed by atoms with E-state index in [4.69, 9.17) is 9.47 Å². The fraction of sp³-hybridized carbons (Fsp3) is 0.500. The molecule has 64 heavy (non-hydrogen) atoms. The van der Waals surface area contributed by atoms with Crippen molar-refractivity contribution in [3.63, 3.8) is 0 Å². The highest BCUT2D eigenvalue weighted by Crippen LogP contribution is 2.36. The molecule has 0 unspecified atom stereocenters. The predicted molar refractivity (Wildman–Crippen MR) is 241 cm³/mol. The molecule has 2 N–H and O–H groups in total. The highest BCUT2D eigenvalue weighted by Gasteiger charge is 2.36. The number of nitrogens with one attached hydrogen (secondary N) is 1. The van der Waals surface area contributed by atoms with Crippen LogP contribution in [0.15, 0.2) is 60.7 Å². The van der Waals surface area contributed by atoms with Gasteiger partial charge < -0.3 is 49.0 Å². The van der Waals surface area contributed by atoms with Gasteiger partial charge in [0.1, 0.15) is 25.4 Å². The van der Waals surface area contributed by atoms with Gasteiger partial charge in [-0.25, -0.2) is 4.39 Å². The van der Waals surface area contributed by atoms with Gasteiger partial charge in [-0.2, -0.15) is 13.2 Å². The first-order chi connectivity index (χ1) is 30.5. The van der Waals surface area contributed by atoms with E-state index in [1.165, 1.54) is 7.11 Å². The summed E-state index contributed by atoms with van der Waals surface area (Å²) in [4.78, 5) is 36.9. The summed E-state index contributed by atoms with van der Waals surface area (Å²) in [5, 5.41) is 13.5. The Morgan fingerprint density at radius 1 is 1.02 bits per heavy atom. The third-order valence-electron chi connectivity index (χ3n) is 13.0. The number of anilines is 3. The highest BCUT2D eigenvalue weighted by molar-refractivity contribution is 5.96. The van der Waals surface area contributed by atoms with Gasteiger partial charge in [-0.15, -0.1) is 0 Å². The number of alkyl halides is 4. The zero-order chi connectivity index (χ0) is 46.0. The number of aliphatic hydroxyl groups is 1. The van der Waals surface area contributed by atoms with Gasteiger partial charge in [-0.3, -0.25) is 9.59 Å². The molecule has 0 aliphatic carbocycles. The number of ether oxygens (including phenoxy) is 2. The standard InChI is InChI=1S/C48H59F4N7O5/c1-30(2)45-46(61)53-33(28-60)22-31-13-15-34(25-42(31)57(45)6)58-20-17-36(26-58)55(4)47(62)32-14-16-43(63-7)44(23-32)64-21-9-10-35-24-37-39(56(5)41-18-19-54(3)27-38(41)49)11-8-12-40(37)59(35)29-48(50,51)52/h8,11-16,23-25,30,33,36,38,41,45,60H,17-22,26-29H2,1-7H3,(H,53,61)/t33-,36+,38-,41+,45-/m0/s1. The number of aromatic nitrogens is 1. The number of benzene rings is 3. The summed E-state index contributed by atoms with van der Waals surface area (Å²) in [6.45, 7) is 4.68. The summed E-state index contributed by atoms with van der Waals surface area (Å²) in [6, 6.07) is 16.5. The van der Waals surface area contributed by atoms with Crippen LogP contribution in [0.4, 0.5) is 34.6 Å². The lowest BCUT2D eigenvalue weighted by Crippen LogP contribution is -2.54. The van der Waals surface area contributed by atoms with Gasteiger partial charge in [-0.05, 0) is 92.2 Å². The minimum Gasteiger partial charge on any atom is -0.493 e. The number of carbonyl (C=O) groups is 2. The molecule has 16 heteroatoms. The molecule has 4 aromatic rings. The lowest BCUT2D eigenvalue weighted by molar-refractivity contribution is -0.140. The quantitative estimate of drug-likeness (QED) is 0.139. The van der Waals surface area contributed by atoms with Crippen LogP contribution in [0.25, 0.3) is 10.9 Å². The lowest BCUT2D eigenvalue weighted by atomic mass is 9.95. The fourth-order valence-electron chi connectivity index (χ4n) is 9.55. The van der Waals surface area contributed by atoms with E-state index in [-0.39, 0.29) is 61.0 Å². The first-order valence-corrected chi connectivity index (χ1v) is 21.8. The van der Waals surface area contributed by atoms with Crippen molar-refractivity contribution in [3.05, 3.63) is 77.5 Å². The summed E-state index contributed by atoms with van der Waals surface area (Å²) >= 11 is 0. The number of nitrogens with zero attached hydrogens (tertiary/aromatic N) is 6. The van der Waals surface area contributed by atoms with Crippen LogP contribution in [0.3, 0.4) is 0 Å². The minimum absolute atomic E-state index is 0.0296. The molecule has 3 aliphatic heterocycles. The third kappa shape index (κ3) is 9.85. The van der Waals surface area contributed by atoms with E-state index in [0.717, 1.165) is 27.9 Å². The van der Waals surface area contributed by atoms with Crippen molar-refractivity contribution in [2.24, 2.45) is 5.92 Å². The van der Waals surface area contributed by atoms with Crippen molar-refractivity contribution in [2.75, 3.05) is 89.4 Å². The number of piperidine rings is 1. The fourth-order valence-corrected chi connectivity index (χ4v) is 9.55. The SMILES string of the molecule is COc1ccc(C(=O)N(C)[C@@H]2CCN(c3ccc4c(c3)N(C)[C@@H](C(C)C)C(=O)N[C@H](CO)C4)C2)cc1OCC#Cc1cc2c(N(C)[C@@H]3CCN(C)C[C@@H]3F)cccc2n1CC(F)(F)F. The molecule has 3 aliphatic rings. The smallest absolute Gasteiger partial charge is 0.406 e. The molecular formula is C48H59F4N7O5. The number of carbonyl (C=O) groups excluding carboxylic acids is 2. The molecule has 0 saturated carbocycles. The molecule has 344 valence electrons. The van der Waals surface area contributed by atoms with Crippen molar-refractivity contribution in [1.29, 1.82) is 0 Å². The van der Waals surface area contributed by atoms with Crippen molar-refractivity contribution < 1.29 is 41.7 Å². The monoisotopic (exact) mass is 889 g/mol. The Balaban J connectivity index is 1.05. The molecule has 2 amide bonds. The van der Waals surface area contributed by atoms with Crippen molar-refractivity contribution in [2.45, 2.75) is 76.2 Å². The Labute approximate surface area is 372 Å². The van der Waals surface area contributed by atoms with E-state index in [0.29, 0.717) is 60.4 Å². The predicted octanol–water partition coefficient (Wildman–Crippen LogP) is 5.97. The Bertz CT molecular complexity index is 2400. The van der Waals surface area contributed by atoms with Gasteiger partial charge in [0.15, 0.2) is 11.5 Å². The number of likely N-dealkylation sites (tertiary alicyclic amines) is 1. The Morgan fingerprint density at radius 3 is 2.50 bits per heavy atom. The van der Waals surface area contributed by atoms with Crippen LogP contribution in [0.2, 0.25) is 0 Å². The van der Waals surface area contributed by atoms with Gasteiger partial charge in [0.05, 0.1) is 43.1 Å². The van der Waals surface area contributed by atoms with Gasteiger partial charge >= 0.3 is 6.18 Å². The zero-order valence-corrected chi connectivity index (χ0v) is 37.6. The summed E-state index contributed by atoms with van der Waals surface area (Å²) in [5.41, 5.74) is 4.42. The molecule has 1 aromatic heterocycles. The number of fused-ring (bicyclic) bond motifs is 2. The lowest BCUT2D eigenvalue weighted by Gasteiger charge is -2.39. The molecular weight excluding hydrogens is 831 g/mol. The maximum absolute atomic E-state index is 15.2. The number of hydrogen-bond donors (Lipinski definition) is 2. The second-order valence-corrected chi connectivity index (χ2v) is 17.7. The maximum Gasteiger partial charge on any atom is 0.406 e. The molecule has 2 fully saturated rings. The molecule has 0 radical (unpaired) electrons. The van der Waals surface area contributed by atoms with Crippen LogP contribution in [0, 0.1) is 17.8 Å². The number of amides is 2. The number of rotatable bonds is 11. The van der Waals surface area contributed by atoms with Crippen LogP contribution in [0.5, 0.6) is 11.5 Å². The van der Waals surface area contributed by atoms with E-state index in [1.807, 2.05) is 42.6 Å². The summed E-state index contributed by atoms with van der Waals surface area (Å²) in [7, 11) is 8.82. The average Bonchev–Trinajstić information content (AvgIpc) is 3.88. The molecule has 12 nitrogen and oxygen atoms in total. The van der Waals surface area contributed by atoms with Crippen LogP contribution in [-0.2, 0) is 17.8 Å². The molecule has 0 spiro atoms. The van der Waals surface area contributed by atoms with Crippen LogP contribution in [0.1, 0.15) is 48.3 Å². The Morgan fingerprint density at radius 2 is 1.80 bits per heavy atom. The normalized spacial score (nSPS) is 21.8. The van der Waals surface area contributed by atoms with E-state index in [1.54, 1.807) is 61.5 Å². The summed E-state index contributed by atoms with van der Waals surface area (Å²) in [6.07, 6.45) is -3.84. The molecule has 3 aromatic carbocycles. The largest absolute Gasteiger partial charge is 0.493 e. The topological polar surface area (TPSA) is 106 Å². The second-order valence-electron chi connectivity index (χ2n) is 17.7. The van der Waals surface area contributed by atoms with Crippen molar-refractivity contribution in [1.82, 2.24) is 19.7 Å². The third-order valence-corrected chi connectivity index (χ3v) is 13.0. The number of likely N-dealkylation sites (N-methyl/N-ethyl adjacent to an activating group) is 2. The molecule has 2 saturated heterocycles. The van der Waals surface area contributed by atoms with Gasteiger partial charge in [-0.1, -0.05) is 31.9 Å². The Kier molecular flexibility index (Phi) is 13.9. The Hall–Kier alpha value is -5.66. The van der Waals surface area contributed by atoms with E-state index < -0.39 is 31.0 Å². The van der Waals surface area contributed by atoms with E-state index in [2.05, 4.69) is 40.3 Å². The summed E-state index contributed by atoms with van der Waals surface area (Å²) < 4.78 is 69.7. The maximum atomic E-state index is 15.2. The van der Waals surface area contributed by atoms with Crippen LogP contribution in [-0.4, -0.2) is 142 Å². The molecule has 0 bridgehead atoms. The molecule has 4 heterocycles. The minimum atomic E-state index is -4.52. The van der Waals surface area contributed by atoms with Crippen molar-refractivity contribution >= 4 is 39.8 Å². The van der Waals surface area contributed by atoms with Gasteiger partial charge in [0, 0.05) is 75.3 Å². The molecule has 5 atom stereocenters. The van der Waals surface area contributed by atoms with Crippen LogP contribution >= 0.6 is 0 Å². The van der Waals surface area contributed by atoms with Gasteiger partial charge in [0.2, 0.25) is 5.91 Å². The second kappa shape index (κ2) is 19.2. The summed E-state index contributed by atoms with van der Waals surface area (Å²) in [5.74, 6) is 6.05. The number of hydrogen-bond acceptors (Lipinski definition) is 9. The van der Waals surface area contributed by atoms with Crippen LogP contribution < -0.4 is 29.5 Å². The number of methoxy groups -OCH3 is 1. The first-order valence-electron chi connectivity index (χ1n) is 21.8. The average molecular weight is 890 g/mol. The first kappa shape index (κ1) is 46.3. The zero-order valence-electron chi connectivity index (χ0n) is 37.6. The number of aliphatic hydroxyl groups excluding tert-OH is 1. The van der Waals surface area contributed by atoms with E-state index in [9.17, 15) is 27.9 Å². The molecule has 7 rings (SSSR count). The number of halogens is 4.